The first-order valence-corrected chi connectivity index (χ1v) is 8.71. The SMILES string of the molecule is NC(C(=O)Nc1cccc(OCC2CCCO2)c1)C1CCOCC1. The highest BCUT2D eigenvalue weighted by Gasteiger charge is 2.26. The number of carbonyl (C=O) groups is 1. The number of anilines is 1. The van der Waals surface area contributed by atoms with Crippen molar-refractivity contribution >= 4 is 11.6 Å². The zero-order valence-electron chi connectivity index (χ0n) is 13.9. The van der Waals surface area contributed by atoms with Crippen LogP contribution in [0.3, 0.4) is 0 Å². The average molecular weight is 334 g/mol. The number of nitrogens with one attached hydrogen (secondary N) is 1. The molecule has 2 fully saturated rings. The molecule has 0 saturated carbocycles. The number of hydrogen-bond acceptors (Lipinski definition) is 5. The lowest BCUT2D eigenvalue weighted by Crippen LogP contribution is -2.44. The van der Waals surface area contributed by atoms with Crippen molar-refractivity contribution in [1.29, 1.82) is 0 Å². The van der Waals surface area contributed by atoms with E-state index >= 15 is 0 Å². The van der Waals surface area contributed by atoms with Crippen LogP contribution in [0.5, 0.6) is 5.75 Å². The quantitative estimate of drug-likeness (QED) is 0.831. The lowest BCUT2D eigenvalue weighted by atomic mass is 9.92. The smallest absolute Gasteiger partial charge is 0.241 e. The van der Waals surface area contributed by atoms with E-state index < -0.39 is 6.04 Å². The number of nitrogens with two attached hydrogens (primary N) is 1. The van der Waals surface area contributed by atoms with Gasteiger partial charge in [0.1, 0.15) is 12.4 Å². The van der Waals surface area contributed by atoms with Crippen molar-refractivity contribution in [1.82, 2.24) is 0 Å². The van der Waals surface area contributed by atoms with Gasteiger partial charge in [0.25, 0.3) is 0 Å². The second-order valence-electron chi connectivity index (χ2n) is 6.44. The van der Waals surface area contributed by atoms with Crippen LogP contribution in [0.15, 0.2) is 24.3 Å². The van der Waals surface area contributed by atoms with Gasteiger partial charge in [-0.15, -0.1) is 0 Å². The molecular formula is C18H26N2O4. The number of rotatable bonds is 6. The first-order chi connectivity index (χ1) is 11.7. The molecule has 6 heteroatoms. The van der Waals surface area contributed by atoms with Crippen molar-refractivity contribution in [3.05, 3.63) is 24.3 Å². The van der Waals surface area contributed by atoms with Gasteiger partial charge in [-0.25, -0.2) is 0 Å². The molecule has 3 rings (SSSR count). The predicted octanol–water partition coefficient (Wildman–Crippen LogP) is 1.94. The zero-order valence-corrected chi connectivity index (χ0v) is 13.9. The molecule has 3 N–H and O–H groups in total. The number of hydrogen-bond donors (Lipinski definition) is 2. The summed E-state index contributed by atoms with van der Waals surface area (Å²) in [4.78, 5) is 12.4. The van der Waals surface area contributed by atoms with Crippen LogP contribution in [0.2, 0.25) is 0 Å². The molecule has 0 aliphatic carbocycles. The Morgan fingerprint density at radius 2 is 2.12 bits per heavy atom. The predicted molar refractivity (Wildman–Crippen MR) is 91.1 cm³/mol. The number of benzene rings is 1. The molecule has 2 heterocycles. The third kappa shape index (κ3) is 4.69. The van der Waals surface area contributed by atoms with Crippen LogP contribution in [0.4, 0.5) is 5.69 Å². The standard InChI is InChI=1S/C18H26N2O4/c19-17(13-6-9-22-10-7-13)18(21)20-14-3-1-4-15(11-14)24-12-16-5-2-8-23-16/h1,3-4,11,13,16-17H,2,5-10,12,19H2,(H,20,21). The molecule has 2 atom stereocenters. The molecule has 1 aromatic rings. The molecule has 0 aromatic heterocycles. The van der Waals surface area contributed by atoms with Crippen molar-refractivity contribution in [2.45, 2.75) is 37.8 Å². The minimum Gasteiger partial charge on any atom is -0.491 e. The highest BCUT2D eigenvalue weighted by atomic mass is 16.5. The van der Waals surface area contributed by atoms with Crippen LogP contribution in [-0.4, -0.2) is 44.5 Å². The van der Waals surface area contributed by atoms with Crippen LogP contribution < -0.4 is 15.8 Å². The van der Waals surface area contributed by atoms with Crippen LogP contribution in [-0.2, 0) is 14.3 Å². The molecule has 2 aliphatic heterocycles. The summed E-state index contributed by atoms with van der Waals surface area (Å²) in [7, 11) is 0. The summed E-state index contributed by atoms with van der Waals surface area (Å²) in [6.45, 7) is 2.71. The fraction of sp³-hybridized carbons (Fsp3) is 0.611. The van der Waals surface area contributed by atoms with Gasteiger partial charge in [0.15, 0.2) is 0 Å². The van der Waals surface area contributed by atoms with Crippen LogP contribution in [0, 0.1) is 5.92 Å². The van der Waals surface area contributed by atoms with E-state index in [-0.39, 0.29) is 17.9 Å². The van der Waals surface area contributed by atoms with Crippen molar-refractivity contribution in [3.8, 4) is 5.75 Å². The topological polar surface area (TPSA) is 82.8 Å². The monoisotopic (exact) mass is 334 g/mol. The largest absolute Gasteiger partial charge is 0.491 e. The summed E-state index contributed by atoms with van der Waals surface area (Å²) < 4.78 is 16.6. The van der Waals surface area contributed by atoms with Gasteiger partial charge in [-0.05, 0) is 43.7 Å². The van der Waals surface area contributed by atoms with E-state index in [2.05, 4.69) is 5.32 Å². The fourth-order valence-corrected chi connectivity index (χ4v) is 3.14. The zero-order chi connectivity index (χ0) is 16.8. The van der Waals surface area contributed by atoms with Gasteiger partial charge >= 0.3 is 0 Å². The normalized spacial score (nSPS) is 23.0. The number of ether oxygens (including phenoxy) is 3. The number of amides is 1. The minimum absolute atomic E-state index is 0.154. The van der Waals surface area contributed by atoms with E-state index in [1.165, 1.54) is 0 Å². The summed E-state index contributed by atoms with van der Waals surface area (Å²) in [5, 5.41) is 2.89. The van der Waals surface area contributed by atoms with E-state index in [1.807, 2.05) is 24.3 Å². The second kappa shape index (κ2) is 8.46. The van der Waals surface area contributed by atoms with Gasteiger partial charge in [0.05, 0.1) is 12.1 Å². The van der Waals surface area contributed by atoms with E-state index in [0.717, 1.165) is 38.0 Å². The van der Waals surface area contributed by atoms with Crippen LogP contribution >= 0.6 is 0 Å². The van der Waals surface area contributed by atoms with Crippen molar-refractivity contribution < 1.29 is 19.0 Å². The summed E-state index contributed by atoms with van der Waals surface area (Å²) in [5.41, 5.74) is 6.81. The van der Waals surface area contributed by atoms with Gasteiger partial charge in [-0.1, -0.05) is 6.07 Å². The van der Waals surface area contributed by atoms with E-state index in [0.29, 0.717) is 25.5 Å². The maximum Gasteiger partial charge on any atom is 0.241 e. The Hall–Kier alpha value is -1.63. The van der Waals surface area contributed by atoms with E-state index in [9.17, 15) is 4.79 Å². The first-order valence-electron chi connectivity index (χ1n) is 8.71. The molecule has 24 heavy (non-hydrogen) atoms. The molecule has 0 radical (unpaired) electrons. The molecule has 2 saturated heterocycles. The van der Waals surface area contributed by atoms with Gasteiger partial charge in [0.2, 0.25) is 5.91 Å². The maximum absolute atomic E-state index is 12.4. The van der Waals surface area contributed by atoms with Crippen molar-refractivity contribution in [3.63, 3.8) is 0 Å². The van der Waals surface area contributed by atoms with Gasteiger partial charge < -0.3 is 25.3 Å². The third-order valence-electron chi connectivity index (χ3n) is 4.64. The number of carbonyl (C=O) groups excluding carboxylic acids is 1. The molecule has 6 nitrogen and oxygen atoms in total. The van der Waals surface area contributed by atoms with Crippen molar-refractivity contribution in [2.24, 2.45) is 11.7 Å². The highest BCUT2D eigenvalue weighted by molar-refractivity contribution is 5.95. The van der Waals surface area contributed by atoms with Gasteiger partial charge in [0, 0.05) is 31.6 Å². The molecule has 0 bridgehead atoms. The minimum atomic E-state index is -0.509. The molecule has 2 aliphatic rings. The van der Waals surface area contributed by atoms with Gasteiger partial charge in [-0.2, -0.15) is 0 Å². The lowest BCUT2D eigenvalue weighted by Gasteiger charge is -2.26. The highest BCUT2D eigenvalue weighted by Crippen LogP contribution is 2.22. The average Bonchev–Trinajstić information content (AvgIpc) is 3.14. The molecular weight excluding hydrogens is 308 g/mol. The Bertz CT molecular complexity index is 540. The summed E-state index contributed by atoms with van der Waals surface area (Å²) in [6.07, 6.45) is 3.97. The third-order valence-corrected chi connectivity index (χ3v) is 4.64. The Labute approximate surface area is 142 Å². The summed E-state index contributed by atoms with van der Waals surface area (Å²) in [5.74, 6) is 0.749. The van der Waals surface area contributed by atoms with E-state index in [1.54, 1.807) is 0 Å². The van der Waals surface area contributed by atoms with Crippen LogP contribution in [0.1, 0.15) is 25.7 Å². The van der Waals surface area contributed by atoms with Crippen molar-refractivity contribution in [2.75, 3.05) is 31.7 Å². The maximum atomic E-state index is 12.4. The Kier molecular flexibility index (Phi) is 6.07. The molecule has 1 amide bonds. The molecule has 132 valence electrons. The summed E-state index contributed by atoms with van der Waals surface area (Å²) >= 11 is 0. The Morgan fingerprint density at radius 3 is 2.88 bits per heavy atom. The van der Waals surface area contributed by atoms with E-state index in [4.69, 9.17) is 19.9 Å². The Morgan fingerprint density at radius 1 is 1.29 bits per heavy atom. The second-order valence-corrected chi connectivity index (χ2v) is 6.44. The fourth-order valence-electron chi connectivity index (χ4n) is 3.14. The summed E-state index contributed by atoms with van der Waals surface area (Å²) in [6, 6.07) is 6.89. The molecule has 0 spiro atoms. The molecule has 2 unspecified atom stereocenters. The van der Waals surface area contributed by atoms with Gasteiger partial charge in [-0.3, -0.25) is 4.79 Å². The van der Waals surface area contributed by atoms with Crippen LogP contribution in [0.25, 0.3) is 0 Å². The first kappa shape index (κ1) is 17.2. The lowest BCUT2D eigenvalue weighted by molar-refractivity contribution is -0.119. The molecule has 1 aromatic carbocycles. The Balaban J connectivity index is 1.52.